The second-order valence-electron chi connectivity index (χ2n) is 7.07. The predicted octanol–water partition coefficient (Wildman–Crippen LogP) is 1.35. The van der Waals surface area contributed by atoms with Crippen LogP contribution < -0.4 is 10.6 Å². The fraction of sp³-hybridized carbons (Fsp3) is 0.200. The monoisotopic (exact) mass is 512 g/mol. The molecule has 2 amide bonds. The third-order valence-corrected chi connectivity index (χ3v) is 5.83. The van der Waals surface area contributed by atoms with E-state index in [4.69, 9.17) is 9.11 Å². The van der Waals surface area contributed by atoms with Gasteiger partial charge in [0.2, 0.25) is 0 Å². The number of rotatable bonds is 10. The Morgan fingerprint density at radius 2 is 1.12 bits per heavy atom. The van der Waals surface area contributed by atoms with Crippen LogP contribution in [0, 0.1) is 0 Å². The lowest BCUT2D eigenvalue weighted by atomic mass is 10.1. The Morgan fingerprint density at radius 3 is 1.44 bits per heavy atom. The number of azo groups is 1. The van der Waals surface area contributed by atoms with Crippen LogP contribution in [0.4, 0.5) is 11.4 Å². The van der Waals surface area contributed by atoms with Crippen LogP contribution in [0.1, 0.15) is 20.7 Å². The smallest absolute Gasteiger partial charge is 0.255 e. The van der Waals surface area contributed by atoms with E-state index < -0.39 is 31.4 Å². The summed E-state index contributed by atoms with van der Waals surface area (Å²) in [5.41, 5.74) is 0.0831. The molecule has 6 N–H and O–H groups in total. The molecule has 2 aromatic rings. The van der Waals surface area contributed by atoms with Crippen molar-refractivity contribution in [1.82, 2.24) is 10.6 Å². The van der Waals surface area contributed by atoms with Crippen molar-refractivity contribution in [1.29, 1.82) is 0 Å². The largest absolute Gasteiger partial charge is 0.507 e. The number of phenols is 2. The summed E-state index contributed by atoms with van der Waals surface area (Å²) >= 11 is 0. The minimum Gasteiger partial charge on any atom is -0.507 e. The highest BCUT2D eigenvalue weighted by molar-refractivity contribution is 7.95. The minimum atomic E-state index is -3.27. The highest BCUT2D eigenvalue weighted by Gasteiger charge is 2.14. The maximum Gasteiger partial charge on any atom is 0.255 e. The normalized spacial score (nSPS) is 14.8. The maximum atomic E-state index is 12.2. The van der Waals surface area contributed by atoms with Gasteiger partial charge in [0, 0.05) is 13.1 Å². The number of phenolic OH excluding ortho intramolecular Hbond substituents is 2. The lowest BCUT2D eigenvalue weighted by Gasteiger charge is -2.08. The molecule has 0 aliphatic heterocycles. The van der Waals surface area contributed by atoms with Crippen molar-refractivity contribution in [3.63, 3.8) is 0 Å². The van der Waals surface area contributed by atoms with Crippen LogP contribution in [-0.4, -0.2) is 75.9 Å². The van der Waals surface area contributed by atoms with Crippen molar-refractivity contribution in [2.24, 2.45) is 10.2 Å². The number of nitrogens with one attached hydrogen (secondary N) is 2. The molecule has 0 saturated heterocycles. The van der Waals surface area contributed by atoms with Crippen LogP contribution in [0.5, 0.6) is 11.5 Å². The first-order valence-electron chi connectivity index (χ1n) is 9.54. The molecule has 0 aliphatic rings. The Bertz CT molecular complexity index is 1220. The van der Waals surface area contributed by atoms with E-state index in [1.165, 1.54) is 36.4 Å². The van der Waals surface area contributed by atoms with Crippen LogP contribution in [0.25, 0.3) is 0 Å². The molecule has 0 fully saturated rings. The average Bonchev–Trinajstić information content (AvgIpc) is 2.72. The summed E-state index contributed by atoms with van der Waals surface area (Å²) in [5.74, 6) is 3.53. The molecule has 14 heteroatoms. The molecule has 2 atom stereocenters. The zero-order chi connectivity index (χ0) is 25.5. The molecule has 2 unspecified atom stereocenters. The molecule has 2 rings (SSSR count). The van der Waals surface area contributed by atoms with Gasteiger partial charge in [-0.25, -0.2) is 8.42 Å². The number of hydrogen-bond donors (Lipinski definition) is 6. The molecule has 0 bridgehead atoms. The van der Waals surface area contributed by atoms with E-state index in [1.54, 1.807) is 0 Å². The third kappa shape index (κ3) is 8.82. The average molecular weight is 513 g/mol. The van der Waals surface area contributed by atoms with Crippen molar-refractivity contribution in [3.05, 3.63) is 47.5 Å². The summed E-state index contributed by atoms with van der Waals surface area (Å²) in [5, 5.41) is 32.6. The summed E-state index contributed by atoms with van der Waals surface area (Å²) < 4.78 is 40.6. The van der Waals surface area contributed by atoms with Gasteiger partial charge in [-0.1, -0.05) is 0 Å². The van der Waals surface area contributed by atoms with E-state index in [9.17, 15) is 28.2 Å². The molecule has 0 radical (unpaired) electrons. The standard InChI is InChI=1S/C20H24N4O8S2/c1-33(29,30)9-7-21-19(27)15-11-13(3-5-17(15)25)23-24-14-4-6-18(26)16(12-14)20(28)22-8-10-34(2,31)32/h3-6,11-12,25-26H,1-2,7-10H2,(H,21,27)(H,22,28)(H,29,30)(H,31,32). The number of aromatic hydroxyl groups is 2. The van der Waals surface area contributed by atoms with Crippen LogP contribution >= 0.6 is 0 Å². The Hall–Kier alpha value is -3.46. The van der Waals surface area contributed by atoms with Crippen molar-refractivity contribution in [2.75, 3.05) is 24.6 Å². The summed E-state index contributed by atoms with van der Waals surface area (Å²) in [7, 11) is -6.54. The Balaban J connectivity index is 2.14. The Kier molecular flexibility index (Phi) is 8.75. The molecule has 0 saturated carbocycles. The first kappa shape index (κ1) is 26.8. The van der Waals surface area contributed by atoms with Crippen LogP contribution in [0.2, 0.25) is 0 Å². The predicted molar refractivity (Wildman–Crippen MR) is 131 cm³/mol. The number of benzene rings is 2. The fourth-order valence-electron chi connectivity index (χ4n) is 2.49. The Labute approximate surface area is 196 Å². The molecule has 184 valence electrons. The van der Waals surface area contributed by atoms with Crippen LogP contribution in [0.15, 0.2) is 46.6 Å². The van der Waals surface area contributed by atoms with Gasteiger partial charge in [-0.2, -0.15) is 10.2 Å². The number of carbonyl (C=O) groups excluding carboxylic acids is 2. The van der Waals surface area contributed by atoms with E-state index >= 15 is 0 Å². The molecule has 0 aromatic heterocycles. The second kappa shape index (κ2) is 11.1. The van der Waals surface area contributed by atoms with Crippen molar-refractivity contribution in [3.8, 4) is 11.5 Å². The SMILES string of the molecule is C=S(=O)(O)CCNC(=O)c1cc(N=Nc2ccc(O)c(C(=O)NCCS(=C)(=O)O)c2)ccc1O. The molecule has 0 aliphatic carbocycles. The molecule has 12 nitrogen and oxygen atoms in total. The Morgan fingerprint density at radius 1 is 0.765 bits per heavy atom. The molecule has 2 aromatic carbocycles. The summed E-state index contributed by atoms with van der Waals surface area (Å²) in [6.07, 6.45) is 0. The van der Waals surface area contributed by atoms with E-state index in [0.717, 1.165) is 0 Å². The van der Waals surface area contributed by atoms with Crippen LogP contribution in [0.3, 0.4) is 0 Å². The quantitative estimate of drug-likeness (QED) is 0.202. The molecular weight excluding hydrogens is 488 g/mol. The summed E-state index contributed by atoms with van der Waals surface area (Å²) in [6.45, 7) is -0.267. The van der Waals surface area contributed by atoms with Gasteiger partial charge < -0.3 is 30.0 Å². The highest BCUT2D eigenvalue weighted by Crippen LogP contribution is 2.27. The molecule has 0 spiro atoms. The number of amides is 2. The number of nitrogens with zero attached hydrogens (tertiary/aromatic N) is 2. The topological polar surface area (TPSA) is 198 Å². The van der Waals surface area contributed by atoms with Gasteiger partial charge in [-0.3, -0.25) is 9.59 Å². The molecular formula is C20H24N4O8S2. The van der Waals surface area contributed by atoms with Gasteiger partial charge in [0.25, 0.3) is 11.8 Å². The first-order valence-corrected chi connectivity index (χ1v) is 13.2. The molecule has 34 heavy (non-hydrogen) atoms. The van der Waals surface area contributed by atoms with Crippen molar-refractivity contribution < 1.29 is 37.3 Å². The summed E-state index contributed by atoms with van der Waals surface area (Å²) in [6, 6.07) is 7.69. The zero-order valence-electron chi connectivity index (χ0n) is 17.8. The first-order chi connectivity index (χ1) is 15.7. The van der Waals surface area contributed by atoms with Gasteiger partial charge in [-0.05, 0) is 48.1 Å². The fourth-order valence-corrected chi connectivity index (χ4v) is 3.33. The van der Waals surface area contributed by atoms with Crippen LogP contribution in [-0.2, 0) is 19.6 Å². The van der Waals surface area contributed by atoms with Gasteiger partial charge in [0.05, 0.1) is 53.6 Å². The van der Waals surface area contributed by atoms with E-state index in [1.807, 2.05) is 0 Å². The second-order valence-corrected chi connectivity index (χ2v) is 11.0. The van der Waals surface area contributed by atoms with Gasteiger partial charge >= 0.3 is 0 Å². The lowest BCUT2D eigenvalue weighted by molar-refractivity contribution is 0.0944. The maximum absolute atomic E-state index is 12.2. The van der Waals surface area contributed by atoms with Crippen molar-refractivity contribution >= 4 is 54.5 Å². The summed E-state index contributed by atoms with van der Waals surface area (Å²) in [4.78, 5) is 24.5. The minimum absolute atomic E-state index is 0.134. The van der Waals surface area contributed by atoms with Crippen molar-refractivity contribution in [2.45, 2.75) is 0 Å². The van der Waals surface area contributed by atoms with E-state index in [2.05, 4.69) is 32.6 Å². The molecule has 0 heterocycles. The van der Waals surface area contributed by atoms with Gasteiger partial charge in [0.15, 0.2) is 0 Å². The van der Waals surface area contributed by atoms with E-state index in [0.29, 0.717) is 0 Å². The van der Waals surface area contributed by atoms with Gasteiger partial charge in [-0.15, -0.1) is 0 Å². The number of carbonyl (C=O) groups is 2. The highest BCUT2D eigenvalue weighted by atomic mass is 32.2. The zero-order valence-corrected chi connectivity index (χ0v) is 19.5. The lowest BCUT2D eigenvalue weighted by Crippen LogP contribution is -2.28. The number of hydrogen-bond acceptors (Lipinski definition) is 8. The van der Waals surface area contributed by atoms with E-state index in [-0.39, 0.29) is 58.6 Å². The third-order valence-electron chi connectivity index (χ3n) is 4.14. The van der Waals surface area contributed by atoms with Gasteiger partial charge in [0.1, 0.15) is 11.5 Å².